The molecule has 0 aromatic heterocycles. The van der Waals surface area contributed by atoms with Crippen molar-refractivity contribution in [2.45, 2.75) is 4.90 Å². The molecule has 0 N–H and O–H groups in total. The van der Waals surface area contributed by atoms with Crippen LogP contribution in [0, 0.1) is 0 Å². The third-order valence-corrected chi connectivity index (χ3v) is 4.09. The maximum atomic E-state index is 12.0. The van der Waals surface area contributed by atoms with E-state index in [9.17, 15) is 13.5 Å². The fraction of sp³-hybridized carbons (Fsp3) is 0. The van der Waals surface area contributed by atoms with E-state index in [2.05, 4.69) is 4.40 Å². The number of sulfonamides is 1. The van der Waals surface area contributed by atoms with Gasteiger partial charge in [-0.1, -0.05) is 30.3 Å². The van der Waals surface area contributed by atoms with Gasteiger partial charge in [0.1, 0.15) is 4.90 Å². The Labute approximate surface area is 110 Å². The Balaban J connectivity index is 2.28. The lowest BCUT2D eigenvalue weighted by molar-refractivity contribution is -0.216. The van der Waals surface area contributed by atoms with Crippen molar-refractivity contribution in [2.75, 3.05) is 4.90 Å². The average Bonchev–Trinajstić information content (AvgIpc) is 2.39. The van der Waals surface area contributed by atoms with Gasteiger partial charge < -0.3 is 10.0 Å². The lowest BCUT2D eigenvalue weighted by Gasteiger charge is -2.33. The highest BCUT2D eigenvalue weighted by molar-refractivity contribution is 7.90. The summed E-state index contributed by atoms with van der Waals surface area (Å²) in [6.07, 6.45) is 0. The van der Waals surface area contributed by atoms with Gasteiger partial charge in [0.15, 0.2) is 0 Å². The molecule has 0 unspecified atom stereocenters. The van der Waals surface area contributed by atoms with Crippen molar-refractivity contribution in [2.24, 2.45) is 4.40 Å². The highest BCUT2D eigenvalue weighted by atomic mass is 32.2. The molecule has 0 atom stereocenters. The molecule has 5 nitrogen and oxygen atoms in total. The Hall–Kier alpha value is -2.34. The van der Waals surface area contributed by atoms with E-state index >= 15 is 0 Å². The van der Waals surface area contributed by atoms with Crippen molar-refractivity contribution in [3.05, 3.63) is 54.6 Å². The van der Waals surface area contributed by atoms with Crippen LogP contribution in [-0.2, 0) is 10.0 Å². The van der Waals surface area contributed by atoms with E-state index < -0.39 is 16.0 Å². The van der Waals surface area contributed by atoms with E-state index in [-0.39, 0.29) is 4.90 Å². The molecule has 1 heterocycles. The summed E-state index contributed by atoms with van der Waals surface area (Å²) in [6, 6.07) is 14.3. The summed E-state index contributed by atoms with van der Waals surface area (Å²) in [4.78, 5) is 1.33. The van der Waals surface area contributed by atoms with Crippen LogP contribution in [0.2, 0.25) is 0 Å². The molecular formula is C13H9N2O3S-. The zero-order valence-corrected chi connectivity index (χ0v) is 10.5. The summed E-state index contributed by atoms with van der Waals surface area (Å²) in [6.45, 7) is 0. The largest absolute Gasteiger partial charge is 0.845 e. The first-order chi connectivity index (χ1) is 9.09. The predicted molar refractivity (Wildman–Crippen MR) is 69.6 cm³/mol. The highest BCUT2D eigenvalue weighted by Gasteiger charge is 2.27. The predicted octanol–water partition coefficient (Wildman–Crippen LogP) is 1.24. The fourth-order valence-electron chi connectivity index (χ4n) is 1.98. The van der Waals surface area contributed by atoms with Crippen LogP contribution in [0.4, 0.5) is 11.4 Å². The van der Waals surface area contributed by atoms with Gasteiger partial charge in [-0.15, -0.1) is 0 Å². The summed E-state index contributed by atoms with van der Waals surface area (Å²) in [7, 11) is -3.90. The molecule has 0 fully saturated rings. The van der Waals surface area contributed by atoms with E-state index in [1.807, 2.05) is 6.07 Å². The molecule has 3 rings (SSSR count). The number of hydrogen-bond acceptors (Lipinski definition) is 4. The second kappa shape index (κ2) is 4.10. The van der Waals surface area contributed by atoms with Crippen LogP contribution in [0.3, 0.4) is 0 Å². The van der Waals surface area contributed by atoms with Gasteiger partial charge in [0.05, 0.1) is 11.7 Å². The molecule has 0 amide bonds. The maximum absolute atomic E-state index is 12.0. The van der Waals surface area contributed by atoms with Gasteiger partial charge in [0.2, 0.25) is 0 Å². The van der Waals surface area contributed by atoms with Gasteiger partial charge in [-0.2, -0.15) is 12.8 Å². The van der Waals surface area contributed by atoms with E-state index in [1.165, 1.54) is 11.0 Å². The third-order valence-electron chi connectivity index (χ3n) is 2.79. The van der Waals surface area contributed by atoms with Crippen molar-refractivity contribution < 1.29 is 13.5 Å². The number of nitrogens with zero attached hydrogens (tertiary/aromatic N) is 2. The van der Waals surface area contributed by atoms with Crippen LogP contribution in [0.25, 0.3) is 0 Å². The van der Waals surface area contributed by atoms with Gasteiger partial charge in [0, 0.05) is 5.69 Å². The SMILES string of the molecule is O=S1(=O)N=C([O-])N(c2ccccc2)c2ccccc21. The van der Waals surface area contributed by atoms with Gasteiger partial charge in [-0.05, 0) is 24.3 Å². The standard InChI is InChI=1S/C13H10N2O3S/c16-13-14-19(17,18)12-9-5-4-8-11(12)15(13)10-6-2-1-3-7-10/h1-9H,(H,14,16)/p-1. The Morgan fingerprint density at radius 3 is 2.32 bits per heavy atom. The fourth-order valence-corrected chi connectivity index (χ4v) is 3.04. The topological polar surface area (TPSA) is 72.8 Å². The van der Waals surface area contributed by atoms with Crippen LogP contribution in [0.15, 0.2) is 63.9 Å². The first-order valence-electron chi connectivity index (χ1n) is 5.56. The molecule has 0 bridgehead atoms. The second-order valence-corrected chi connectivity index (χ2v) is 5.56. The van der Waals surface area contributed by atoms with Gasteiger partial charge in [0.25, 0.3) is 10.0 Å². The molecule has 1 aliphatic heterocycles. The summed E-state index contributed by atoms with van der Waals surface area (Å²) in [5.41, 5.74) is 0.910. The van der Waals surface area contributed by atoms with Crippen molar-refractivity contribution in [3.8, 4) is 0 Å². The lowest BCUT2D eigenvalue weighted by atomic mass is 10.2. The Kier molecular flexibility index (Phi) is 2.53. The van der Waals surface area contributed by atoms with Gasteiger partial charge >= 0.3 is 0 Å². The van der Waals surface area contributed by atoms with Crippen molar-refractivity contribution in [1.29, 1.82) is 0 Å². The summed E-state index contributed by atoms with van der Waals surface area (Å²) < 4.78 is 27.0. The van der Waals surface area contributed by atoms with Crippen LogP contribution in [0.5, 0.6) is 0 Å². The van der Waals surface area contributed by atoms with E-state index in [0.717, 1.165) is 0 Å². The first kappa shape index (κ1) is 11.7. The lowest BCUT2D eigenvalue weighted by Crippen LogP contribution is -2.40. The number of amidine groups is 1. The van der Waals surface area contributed by atoms with E-state index in [4.69, 9.17) is 0 Å². The van der Waals surface area contributed by atoms with Crippen LogP contribution in [0.1, 0.15) is 0 Å². The average molecular weight is 273 g/mol. The molecule has 0 spiro atoms. The highest BCUT2D eigenvalue weighted by Crippen LogP contribution is 2.35. The Bertz CT molecular complexity index is 754. The molecule has 0 saturated heterocycles. The number of benzene rings is 2. The minimum Gasteiger partial charge on any atom is -0.845 e. The number of rotatable bonds is 1. The van der Waals surface area contributed by atoms with Crippen LogP contribution < -0.4 is 10.0 Å². The second-order valence-electron chi connectivity index (χ2n) is 3.99. The van der Waals surface area contributed by atoms with Crippen molar-refractivity contribution in [1.82, 2.24) is 0 Å². The molecule has 0 saturated carbocycles. The summed E-state index contributed by atoms with van der Waals surface area (Å²) in [5.74, 6) is 0. The smallest absolute Gasteiger partial charge is 0.285 e. The van der Waals surface area contributed by atoms with Crippen LogP contribution >= 0.6 is 0 Å². The van der Waals surface area contributed by atoms with Crippen molar-refractivity contribution in [3.63, 3.8) is 0 Å². The zero-order valence-electron chi connectivity index (χ0n) is 9.72. The normalized spacial score (nSPS) is 16.6. The monoisotopic (exact) mass is 273 g/mol. The molecule has 2 aromatic carbocycles. The molecule has 19 heavy (non-hydrogen) atoms. The molecule has 1 aliphatic rings. The minimum atomic E-state index is -3.90. The zero-order chi connectivity index (χ0) is 13.5. The number of anilines is 2. The summed E-state index contributed by atoms with van der Waals surface area (Å²) in [5, 5.41) is 12.0. The van der Waals surface area contributed by atoms with E-state index in [0.29, 0.717) is 11.4 Å². The minimum absolute atomic E-state index is 0.0402. The molecule has 6 heteroatoms. The third kappa shape index (κ3) is 1.86. The summed E-state index contributed by atoms with van der Waals surface area (Å²) >= 11 is 0. The number of hydrogen-bond donors (Lipinski definition) is 0. The molecule has 96 valence electrons. The molecule has 0 aliphatic carbocycles. The number of fused-ring (bicyclic) bond motifs is 1. The first-order valence-corrected chi connectivity index (χ1v) is 7.00. The number of para-hydroxylation sites is 2. The quantitative estimate of drug-likeness (QED) is 0.783. The van der Waals surface area contributed by atoms with Crippen molar-refractivity contribution >= 4 is 27.4 Å². The van der Waals surface area contributed by atoms with Gasteiger partial charge in [-0.25, -0.2) is 0 Å². The molecular weight excluding hydrogens is 264 g/mol. The Morgan fingerprint density at radius 1 is 0.947 bits per heavy atom. The van der Waals surface area contributed by atoms with E-state index in [1.54, 1.807) is 42.5 Å². The molecule has 2 aromatic rings. The van der Waals surface area contributed by atoms with Crippen LogP contribution in [-0.4, -0.2) is 14.4 Å². The Morgan fingerprint density at radius 2 is 1.58 bits per heavy atom. The maximum Gasteiger partial charge on any atom is 0.285 e. The molecule has 0 radical (unpaired) electrons. The van der Waals surface area contributed by atoms with Gasteiger partial charge in [-0.3, -0.25) is 0 Å².